The van der Waals surface area contributed by atoms with Crippen molar-refractivity contribution in [2.75, 3.05) is 47.5 Å². The minimum atomic E-state index is -1.51. The third-order valence-electron chi connectivity index (χ3n) is 18.6. The van der Waals surface area contributed by atoms with Gasteiger partial charge in [0.15, 0.2) is 6.10 Å². The van der Waals surface area contributed by atoms with Crippen LogP contribution in [0.25, 0.3) is 0 Å². The van der Waals surface area contributed by atoms with E-state index >= 15 is 0 Å². The van der Waals surface area contributed by atoms with Crippen LogP contribution < -0.4 is 0 Å². The number of hydrogen-bond donors (Lipinski definition) is 1. The predicted octanol–water partition coefficient (Wildman–Crippen LogP) is 26.9. The van der Waals surface area contributed by atoms with Crippen LogP contribution in [0.2, 0.25) is 0 Å². The summed E-state index contributed by atoms with van der Waals surface area (Å²) in [6, 6.07) is 0. The molecule has 0 amide bonds. The normalized spacial score (nSPS) is 13.0. The van der Waals surface area contributed by atoms with Crippen molar-refractivity contribution in [1.29, 1.82) is 0 Å². The minimum absolute atomic E-state index is 0.179. The van der Waals surface area contributed by atoms with Gasteiger partial charge in [0.25, 0.3) is 6.29 Å². The van der Waals surface area contributed by atoms with Crippen molar-refractivity contribution in [3.63, 3.8) is 0 Å². The van der Waals surface area contributed by atoms with Gasteiger partial charge in [-0.3, -0.25) is 9.59 Å². The van der Waals surface area contributed by atoms with E-state index < -0.39 is 18.4 Å². The van der Waals surface area contributed by atoms with Gasteiger partial charge >= 0.3 is 17.9 Å². The number of esters is 2. The number of unbranched alkanes of at least 4 members (excludes halogenated alkanes) is 49. The standard InChI is InChI=1S/C88H159NO8/c1-6-8-10-12-14-16-18-20-22-24-26-28-30-32-34-36-38-40-42-43-45-47-49-51-53-55-57-59-61-63-65-67-69-71-73-75-77-79-86(91)97-84(83-96-88(87(92)93)94-81-80-89(3,4)5)82-95-85(90)78-76-74-72-70-68-66-64-62-60-58-56-54-52-50-48-46-44-41-39-37-35-33-31-29-27-25-23-21-19-17-15-13-11-9-7-2/h8,10,14,16,20,22,25-28,32,34,38,40,84,88H,6-7,9,11-13,15,17-19,21,23-24,29-31,33,35-37,39,41-83H2,1-5H3/p+1/b10-8-,16-14-,22-20-,27-25-,28-26-,34-32-,40-38-. The highest BCUT2D eigenvalue weighted by molar-refractivity contribution is 5.71. The predicted molar refractivity (Wildman–Crippen MR) is 419 cm³/mol. The summed E-state index contributed by atoms with van der Waals surface area (Å²) in [6.07, 6.45) is 105. The number of hydrogen-bond acceptors (Lipinski definition) is 7. The Kier molecular flexibility index (Phi) is 75.3. The van der Waals surface area contributed by atoms with Crippen LogP contribution in [0.5, 0.6) is 0 Å². The second kappa shape index (κ2) is 78.2. The molecule has 0 fully saturated rings. The summed E-state index contributed by atoms with van der Waals surface area (Å²) in [5.74, 6) is -1.98. The van der Waals surface area contributed by atoms with Crippen molar-refractivity contribution in [2.24, 2.45) is 0 Å². The van der Waals surface area contributed by atoms with Gasteiger partial charge in [-0.05, 0) is 89.9 Å². The molecule has 1 N–H and O–H groups in total. The van der Waals surface area contributed by atoms with E-state index in [2.05, 4.69) is 98.9 Å². The van der Waals surface area contributed by atoms with Gasteiger partial charge in [-0.25, -0.2) is 4.79 Å². The van der Waals surface area contributed by atoms with Crippen molar-refractivity contribution in [2.45, 2.75) is 411 Å². The van der Waals surface area contributed by atoms with Crippen LogP contribution in [-0.4, -0.2) is 87.4 Å². The van der Waals surface area contributed by atoms with Crippen LogP contribution in [0.3, 0.4) is 0 Å². The van der Waals surface area contributed by atoms with E-state index in [0.717, 1.165) is 77.0 Å². The van der Waals surface area contributed by atoms with Gasteiger partial charge in [0.05, 0.1) is 34.4 Å². The summed E-state index contributed by atoms with van der Waals surface area (Å²) < 4.78 is 23.1. The maximum absolute atomic E-state index is 13.0. The molecule has 0 aliphatic rings. The van der Waals surface area contributed by atoms with Crippen molar-refractivity contribution in [3.05, 3.63) is 85.1 Å². The number of carbonyl (C=O) groups excluding carboxylic acids is 2. The number of carboxylic acid groups (broad SMARTS) is 1. The van der Waals surface area contributed by atoms with Crippen molar-refractivity contribution < 1.29 is 42.9 Å². The van der Waals surface area contributed by atoms with Crippen molar-refractivity contribution in [3.8, 4) is 0 Å². The van der Waals surface area contributed by atoms with E-state index in [1.165, 1.54) is 295 Å². The number of nitrogens with zero attached hydrogens (tertiary/aromatic N) is 1. The maximum atomic E-state index is 13.0. The number of carbonyl (C=O) groups is 3. The number of allylic oxidation sites excluding steroid dienone is 14. The molecule has 0 aromatic rings. The Balaban J connectivity index is 3.97. The lowest BCUT2D eigenvalue weighted by atomic mass is 10.0. The minimum Gasteiger partial charge on any atom is -0.477 e. The van der Waals surface area contributed by atoms with Gasteiger partial charge < -0.3 is 28.5 Å². The lowest BCUT2D eigenvalue weighted by molar-refractivity contribution is -0.870. The average Bonchev–Trinajstić information content (AvgIpc) is 3.11. The SMILES string of the molecule is CC/C=C\C/C=C\C/C=C\C/C=C\C/C=C\C/C=C\CCCCCCCCCCCCCCCCCCCCC(=O)OC(COC(=O)CCCCCCCCCCCCCCCCCCCCCCCCC/C=C\CCCCCCCCCC)COC(OCC[N+](C)(C)C)C(=O)O. The van der Waals surface area contributed by atoms with E-state index in [-0.39, 0.29) is 38.2 Å². The number of aliphatic carboxylic acids is 1. The summed E-state index contributed by atoms with van der Waals surface area (Å²) >= 11 is 0. The number of quaternary nitrogens is 1. The summed E-state index contributed by atoms with van der Waals surface area (Å²) in [6.45, 7) is 4.82. The van der Waals surface area contributed by atoms with Gasteiger partial charge in [0.1, 0.15) is 13.2 Å². The molecule has 2 atom stereocenters. The highest BCUT2D eigenvalue weighted by atomic mass is 16.7. The first kappa shape index (κ1) is 93.5. The summed E-state index contributed by atoms with van der Waals surface area (Å²) in [5.41, 5.74) is 0. The van der Waals surface area contributed by atoms with E-state index in [4.69, 9.17) is 18.9 Å². The highest BCUT2D eigenvalue weighted by Gasteiger charge is 2.25. The van der Waals surface area contributed by atoms with Crippen LogP contribution in [0.15, 0.2) is 85.1 Å². The Morgan fingerprint density at radius 3 is 0.887 bits per heavy atom. The fourth-order valence-corrected chi connectivity index (χ4v) is 12.3. The molecule has 0 saturated heterocycles. The van der Waals surface area contributed by atoms with Gasteiger partial charge in [-0.1, -0.05) is 381 Å². The van der Waals surface area contributed by atoms with Gasteiger partial charge in [0, 0.05) is 12.8 Å². The Morgan fingerprint density at radius 1 is 0.320 bits per heavy atom. The number of rotatable bonds is 78. The Morgan fingerprint density at radius 2 is 0.588 bits per heavy atom. The molecule has 0 heterocycles. The summed E-state index contributed by atoms with van der Waals surface area (Å²) in [5, 5.41) is 9.78. The Hall–Kier alpha value is -3.53. The molecule has 0 aliphatic heterocycles. The van der Waals surface area contributed by atoms with Crippen LogP contribution >= 0.6 is 0 Å². The molecule has 9 heteroatoms. The molecule has 0 aromatic carbocycles. The molecule has 2 unspecified atom stereocenters. The molecular formula is C88H160NO8+. The van der Waals surface area contributed by atoms with E-state index in [9.17, 15) is 19.5 Å². The first-order valence-electron chi connectivity index (χ1n) is 41.8. The lowest BCUT2D eigenvalue weighted by Crippen LogP contribution is -2.40. The van der Waals surface area contributed by atoms with Gasteiger partial charge in [-0.2, -0.15) is 0 Å². The quantitative estimate of drug-likeness (QED) is 0.0211. The smallest absolute Gasteiger partial charge is 0.361 e. The number of carboxylic acids is 1. The molecule has 0 aromatic heterocycles. The third kappa shape index (κ3) is 79.7. The maximum Gasteiger partial charge on any atom is 0.361 e. The zero-order chi connectivity index (χ0) is 70.4. The molecule has 97 heavy (non-hydrogen) atoms. The van der Waals surface area contributed by atoms with Gasteiger partial charge in [-0.15, -0.1) is 0 Å². The summed E-state index contributed by atoms with van der Waals surface area (Å²) in [4.78, 5) is 37.8. The zero-order valence-electron chi connectivity index (χ0n) is 64.7. The lowest BCUT2D eigenvalue weighted by Gasteiger charge is -2.25. The molecule has 0 saturated carbocycles. The molecular weight excluding hydrogens is 1200 g/mol. The number of likely N-dealkylation sites (N-methyl/N-ethyl adjacent to an activating group) is 1. The Labute approximate surface area is 601 Å². The first-order valence-corrected chi connectivity index (χ1v) is 41.8. The second-order valence-corrected chi connectivity index (χ2v) is 29.4. The molecule has 0 radical (unpaired) electrons. The third-order valence-corrected chi connectivity index (χ3v) is 18.6. The molecule has 0 aliphatic carbocycles. The van der Waals surface area contributed by atoms with Crippen LogP contribution in [0, 0.1) is 0 Å². The molecule has 9 nitrogen and oxygen atoms in total. The highest BCUT2D eigenvalue weighted by Crippen LogP contribution is 2.20. The molecule has 0 rings (SSSR count). The zero-order valence-corrected chi connectivity index (χ0v) is 64.7. The monoisotopic (exact) mass is 1360 g/mol. The fraction of sp³-hybridized carbons (Fsp3) is 0.807. The van der Waals surface area contributed by atoms with E-state index in [1.54, 1.807) is 0 Å². The number of ether oxygens (including phenoxy) is 4. The topological polar surface area (TPSA) is 108 Å². The molecule has 0 bridgehead atoms. The van der Waals surface area contributed by atoms with Crippen LogP contribution in [0.1, 0.15) is 399 Å². The van der Waals surface area contributed by atoms with E-state index in [0.29, 0.717) is 17.4 Å². The van der Waals surface area contributed by atoms with Gasteiger partial charge in [0.2, 0.25) is 0 Å². The summed E-state index contributed by atoms with van der Waals surface area (Å²) in [7, 11) is 6.00. The first-order chi connectivity index (χ1) is 47.6. The largest absolute Gasteiger partial charge is 0.477 e. The van der Waals surface area contributed by atoms with Crippen LogP contribution in [0.4, 0.5) is 0 Å². The molecule has 564 valence electrons. The van der Waals surface area contributed by atoms with Crippen molar-refractivity contribution >= 4 is 17.9 Å². The Bertz CT molecular complexity index is 1870. The van der Waals surface area contributed by atoms with Crippen LogP contribution in [-0.2, 0) is 33.3 Å². The molecule has 0 spiro atoms. The fourth-order valence-electron chi connectivity index (χ4n) is 12.3. The van der Waals surface area contributed by atoms with E-state index in [1.807, 2.05) is 21.1 Å². The average molecular weight is 1360 g/mol. The second-order valence-electron chi connectivity index (χ2n) is 29.4. The van der Waals surface area contributed by atoms with Crippen molar-refractivity contribution in [1.82, 2.24) is 0 Å².